The summed E-state index contributed by atoms with van der Waals surface area (Å²) in [6, 6.07) is 0. The Kier molecular flexibility index (Phi) is 2.74. The fraction of sp³-hybridized carbons (Fsp3) is 0.900. The molecule has 1 unspecified atom stereocenters. The molecule has 0 aromatic rings. The van der Waals surface area contributed by atoms with E-state index in [4.69, 9.17) is 9.47 Å². The van der Waals surface area contributed by atoms with Crippen molar-refractivity contribution in [3.63, 3.8) is 0 Å². The van der Waals surface area contributed by atoms with Gasteiger partial charge in [-0.15, -0.1) is 0 Å². The smallest absolute Gasteiger partial charge is 0.220 e. The van der Waals surface area contributed by atoms with Gasteiger partial charge in [0.15, 0.2) is 6.29 Å². The molecule has 14 heavy (non-hydrogen) atoms. The lowest BCUT2D eigenvalue weighted by molar-refractivity contribution is -0.126. The highest BCUT2D eigenvalue weighted by Crippen LogP contribution is 2.32. The molecular weight excluding hydrogens is 182 g/mol. The highest BCUT2D eigenvalue weighted by molar-refractivity contribution is 5.76. The van der Waals surface area contributed by atoms with E-state index >= 15 is 0 Å². The Bertz CT molecular complexity index is 213. The zero-order valence-corrected chi connectivity index (χ0v) is 8.54. The number of carbonyl (C=O) groups excluding carboxylic acids is 1. The molecule has 2 rings (SSSR count). The second-order valence-corrected chi connectivity index (χ2v) is 4.46. The third kappa shape index (κ3) is 2.25. The van der Waals surface area contributed by atoms with Gasteiger partial charge in [-0.3, -0.25) is 4.79 Å². The van der Waals surface area contributed by atoms with E-state index in [1.165, 1.54) is 0 Å². The van der Waals surface area contributed by atoms with Crippen LogP contribution in [0.4, 0.5) is 0 Å². The first kappa shape index (κ1) is 9.93. The van der Waals surface area contributed by atoms with Crippen LogP contribution in [-0.2, 0) is 14.3 Å². The molecule has 4 nitrogen and oxygen atoms in total. The van der Waals surface area contributed by atoms with E-state index in [0.717, 1.165) is 19.4 Å². The number of ether oxygens (including phenoxy) is 2. The molecule has 1 atom stereocenters. The first-order valence-corrected chi connectivity index (χ1v) is 5.18. The van der Waals surface area contributed by atoms with E-state index in [1.807, 2.05) is 0 Å². The largest absolute Gasteiger partial charge is 0.356 e. The molecule has 80 valence electrons. The Labute approximate surface area is 84.0 Å². The van der Waals surface area contributed by atoms with Crippen molar-refractivity contribution in [2.75, 3.05) is 19.8 Å². The summed E-state index contributed by atoms with van der Waals surface area (Å²) in [5, 5.41) is 2.90. The average molecular weight is 199 g/mol. The van der Waals surface area contributed by atoms with Gasteiger partial charge in [0.05, 0.1) is 13.2 Å². The lowest BCUT2D eigenvalue weighted by atomic mass is 9.79. The molecule has 4 heteroatoms. The van der Waals surface area contributed by atoms with Crippen molar-refractivity contribution in [3.8, 4) is 0 Å². The summed E-state index contributed by atoms with van der Waals surface area (Å²) in [5.74, 6) is 0.163. The minimum Gasteiger partial charge on any atom is -0.356 e. The van der Waals surface area contributed by atoms with Crippen molar-refractivity contribution in [1.29, 1.82) is 0 Å². The van der Waals surface area contributed by atoms with Crippen LogP contribution in [0.3, 0.4) is 0 Å². The molecule has 2 heterocycles. The number of hydrogen-bond donors (Lipinski definition) is 1. The summed E-state index contributed by atoms with van der Waals surface area (Å²) in [7, 11) is 0. The standard InChI is InChI=1S/C10H17NO3/c1-10(3-2-8(12)11-7-10)6-9-13-4-5-14-9/h9H,2-7H2,1H3,(H,11,12). The van der Waals surface area contributed by atoms with Crippen molar-refractivity contribution in [1.82, 2.24) is 5.32 Å². The van der Waals surface area contributed by atoms with Crippen LogP contribution in [0.15, 0.2) is 0 Å². The molecule has 1 amide bonds. The summed E-state index contributed by atoms with van der Waals surface area (Å²) >= 11 is 0. The Balaban J connectivity index is 1.85. The quantitative estimate of drug-likeness (QED) is 0.711. The number of nitrogens with one attached hydrogen (secondary N) is 1. The van der Waals surface area contributed by atoms with Gasteiger partial charge in [0.1, 0.15) is 0 Å². The average Bonchev–Trinajstić information content (AvgIpc) is 2.63. The van der Waals surface area contributed by atoms with Gasteiger partial charge in [0, 0.05) is 19.4 Å². The van der Waals surface area contributed by atoms with Crippen LogP contribution in [0.25, 0.3) is 0 Å². The summed E-state index contributed by atoms with van der Waals surface area (Å²) in [5.41, 5.74) is 0.142. The minimum atomic E-state index is -0.0602. The lowest BCUT2D eigenvalue weighted by Crippen LogP contribution is -2.43. The molecule has 0 radical (unpaired) electrons. The van der Waals surface area contributed by atoms with Crippen LogP contribution >= 0.6 is 0 Å². The third-order valence-electron chi connectivity index (χ3n) is 3.02. The second-order valence-electron chi connectivity index (χ2n) is 4.46. The SMILES string of the molecule is CC1(CC2OCCO2)CCC(=O)NC1. The molecule has 0 aromatic heterocycles. The third-order valence-corrected chi connectivity index (χ3v) is 3.02. The van der Waals surface area contributed by atoms with E-state index in [-0.39, 0.29) is 17.6 Å². The highest BCUT2D eigenvalue weighted by atomic mass is 16.7. The number of carbonyl (C=O) groups is 1. The molecule has 0 saturated carbocycles. The van der Waals surface area contributed by atoms with Gasteiger partial charge in [-0.05, 0) is 11.8 Å². The minimum absolute atomic E-state index is 0.0602. The van der Waals surface area contributed by atoms with E-state index in [1.54, 1.807) is 0 Å². The summed E-state index contributed by atoms with van der Waals surface area (Å²) in [6.45, 7) is 4.33. The van der Waals surface area contributed by atoms with Crippen molar-refractivity contribution in [2.24, 2.45) is 5.41 Å². The molecule has 2 aliphatic rings. The van der Waals surface area contributed by atoms with E-state index in [9.17, 15) is 4.79 Å². The number of rotatable bonds is 2. The molecule has 2 saturated heterocycles. The molecule has 2 fully saturated rings. The van der Waals surface area contributed by atoms with Gasteiger partial charge in [0.2, 0.25) is 5.91 Å². The van der Waals surface area contributed by atoms with Crippen molar-refractivity contribution < 1.29 is 14.3 Å². The van der Waals surface area contributed by atoms with Crippen LogP contribution in [0.2, 0.25) is 0 Å². The van der Waals surface area contributed by atoms with Gasteiger partial charge >= 0.3 is 0 Å². The van der Waals surface area contributed by atoms with E-state index < -0.39 is 0 Å². The maximum atomic E-state index is 11.0. The lowest BCUT2D eigenvalue weighted by Gasteiger charge is -2.34. The topological polar surface area (TPSA) is 47.6 Å². The van der Waals surface area contributed by atoms with E-state index in [0.29, 0.717) is 19.6 Å². The first-order chi connectivity index (χ1) is 6.68. The predicted octanol–water partition coefficient (Wildman–Crippen LogP) is 0.666. The van der Waals surface area contributed by atoms with Crippen molar-refractivity contribution >= 4 is 5.91 Å². The Morgan fingerprint density at radius 2 is 2.21 bits per heavy atom. The normalized spacial score (nSPS) is 34.5. The number of piperidine rings is 1. The van der Waals surface area contributed by atoms with Crippen LogP contribution in [0.5, 0.6) is 0 Å². The predicted molar refractivity (Wildman–Crippen MR) is 50.7 cm³/mol. The van der Waals surface area contributed by atoms with Crippen LogP contribution < -0.4 is 5.32 Å². The molecule has 2 aliphatic heterocycles. The monoisotopic (exact) mass is 199 g/mol. The Morgan fingerprint density at radius 3 is 2.79 bits per heavy atom. The molecule has 0 bridgehead atoms. The van der Waals surface area contributed by atoms with Gasteiger partial charge < -0.3 is 14.8 Å². The number of hydrogen-bond acceptors (Lipinski definition) is 3. The van der Waals surface area contributed by atoms with Crippen molar-refractivity contribution in [2.45, 2.75) is 32.5 Å². The second kappa shape index (κ2) is 3.87. The first-order valence-electron chi connectivity index (χ1n) is 5.18. The summed E-state index contributed by atoms with van der Waals surface area (Å²) in [6.07, 6.45) is 2.38. The molecule has 1 N–H and O–H groups in total. The fourth-order valence-electron chi connectivity index (χ4n) is 2.01. The number of amides is 1. The van der Waals surface area contributed by atoms with Gasteiger partial charge in [-0.1, -0.05) is 6.92 Å². The maximum Gasteiger partial charge on any atom is 0.220 e. The Hall–Kier alpha value is -0.610. The summed E-state index contributed by atoms with van der Waals surface area (Å²) < 4.78 is 10.8. The van der Waals surface area contributed by atoms with Gasteiger partial charge in [0.25, 0.3) is 0 Å². The Morgan fingerprint density at radius 1 is 1.50 bits per heavy atom. The van der Waals surface area contributed by atoms with Gasteiger partial charge in [-0.2, -0.15) is 0 Å². The maximum absolute atomic E-state index is 11.0. The van der Waals surface area contributed by atoms with Gasteiger partial charge in [-0.25, -0.2) is 0 Å². The van der Waals surface area contributed by atoms with Crippen LogP contribution in [0.1, 0.15) is 26.2 Å². The fourth-order valence-corrected chi connectivity index (χ4v) is 2.01. The molecule has 0 aromatic carbocycles. The van der Waals surface area contributed by atoms with Crippen LogP contribution in [-0.4, -0.2) is 32.0 Å². The zero-order valence-electron chi connectivity index (χ0n) is 8.54. The van der Waals surface area contributed by atoms with Crippen molar-refractivity contribution in [3.05, 3.63) is 0 Å². The molecular formula is C10H17NO3. The molecule has 0 spiro atoms. The summed E-state index contributed by atoms with van der Waals surface area (Å²) in [4.78, 5) is 11.0. The molecule has 0 aliphatic carbocycles. The van der Waals surface area contributed by atoms with E-state index in [2.05, 4.69) is 12.2 Å². The highest BCUT2D eigenvalue weighted by Gasteiger charge is 2.34. The van der Waals surface area contributed by atoms with Crippen LogP contribution in [0, 0.1) is 5.41 Å². The zero-order chi connectivity index (χ0) is 10.0.